The Morgan fingerprint density at radius 1 is 1.32 bits per heavy atom. The van der Waals surface area contributed by atoms with Crippen LogP contribution in [0.15, 0.2) is 24.3 Å². The largest absolute Gasteiger partial charge is 0.508 e. The van der Waals surface area contributed by atoms with Crippen LogP contribution in [0.2, 0.25) is 0 Å². The van der Waals surface area contributed by atoms with Gasteiger partial charge in [-0.1, -0.05) is 0 Å². The zero-order valence-corrected chi connectivity index (χ0v) is 11.8. The quantitative estimate of drug-likeness (QED) is 0.880. The summed E-state index contributed by atoms with van der Waals surface area (Å²) in [6, 6.07) is 6.07. The standard InChI is InChI=1S/C14H21NO4/c1-10(15(13(17)18)14(2,3)4)9-19-12-7-5-11(16)6-8-12/h5-8,10,16H,9H2,1-4H3,(H,17,18)/t10-/m0/s1. The van der Waals surface area contributed by atoms with Gasteiger partial charge in [-0.3, -0.25) is 4.90 Å². The Bertz CT molecular complexity index is 422. The molecule has 0 aliphatic heterocycles. The molecular weight excluding hydrogens is 246 g/mol. The third-order valence-electron chi connectivity index (χ3n) is 2.70. The third-order valence-corrected chi connectivity index (χ3v) is 2.70. The van der Waals surface area contributed by atoms with E-state index in [1.165, 1.54) is 17.0 Å². The van der Waals surface area contributed by atoms with Crippen LogP contribution in [0.5, 0.6) is 11.5 Å². The van der Waals surface area contributed by atoms with E-state index in [9.17, 15) is 9.90 Å². The van der Waals surface area contributed by atoms with Crippen molar-refractivity contribution in [2.24, 2.45) is 0 Å². The molecule has 0 saturated carbocycles. The second-order valence-corrected chi connectivity index (χ2v) is 5.48. The van der Waals surface area contributed by atoms with E-state index in [0.717, 1.165) is 0 Å². The van der Waals surface area contributed by atoms with Gasteiger partial charge in [0.15, 0.2) is 0 Å². The van der Waals surface area contributed by atoms with Crippen molar-refractivity contribution in [1.82, 2.24) is 4.90 Å². The molecule has 1 rings (SSSR count). The fourth-order valence-corrected chi connectivity index (χ4v) is 1.97. The number of hydrogen-bond donors (Lipinski definition) is 2. The SMILES string of the molecule is C[C@@H](COc1ccc(O)cc1)N(C(=O)O)C(C)(C)C. The Morgan fingerprint density at radius 2 is 1.84 bits per heavy atom. The maximum Gasteiger partial charge on any atom is 0.408 e. The van der Waals surface area contributed by atoms with Crippen molar-refractivity contribution in [3.63, 3.8) is 0 Å². The van der Waals surface area contributed by atoms with Crippen LogP contribution >= 0.6 is 0 Å². The number of carboxylic acid groups (broad SMARTS) is 1. The molecule has 0 spiro atoms. The summed E-state index contributed by atoms with van der Waals surface area (Å²) in [7, 11) is 0. The third kappa shape index (κ3) is 4.35. The predicted molar refractivity (Wildman–Crippen MR) is 72.7 cm³/mol. The summed E-state index contributed by atoms with van der Waals surface area (Å²) in [4.78, 5) is 12.6. The highest BCUT2D eigenvalue weighted by atomic mass is 16.5. The molecule has 106 valence electrons. The molecule has 0 unspecified atom stereocenters. The summed E-state index contributed by atoms with van der Waals surface area (Å²) in [6.45, 7) is 7.60. The van der Waals surface area contributed by atoms with Gasteiger partial charge in [0, 0.05) is 5.54 Å². The van der Waals surface area contributed by atoms with Gasteiger partial charge in [-0.15, -0.1) is 0 Å². The molecule has 1 aromatic carbocycles. The molecule has 5 nitrogen and oxygen atoms in total. The minimum atomic E-state index is -0.964. The first-order chi connectivity index (χ1) is 8.71. The van der Waals surface area contributed by atoms with Crippen LogP contribution in [0, 0.1) is 0 Å². The van der Waals surface area contributed by atoms with E-state index in [-0.39, 0.29) is 18.4 Å². The van der Waals surface area contributed by atoms with Crippen molar-refractivity contribution in [2.75, 3.05) is 6.61 Å². The number of hydrogen-bond acceptors (Lipinski definition) is 3. The summed E-state index contributed by atoms with van der Waals surface area (Å²) >= 11 is 0. The van der Waals surface area contributed by atoms with Crippen molar-refractivity contribution < 1.29 is 19.7 Å². The topological polar surface area (TPSA) is 70.0 Å². The summed E-state index contributed by atoms with van der Waals surface area (Å²) in [5, 5.41) is 18.4. The Morgan fingerprint density at radius 3 is 2.26 bits per heavy atom. The van der Waals surface area contributed by atoms with E-state index in [1.54, 1.807) is 19.1 Å². The van der Waals surface area contributed by atoms with Gasteiger partial charge in [0.25, 0.3) is 0 Å². The summed E-state index contributed by atoms with van der Waals surface area (Å²) < 4.78 is 5.53. The van der Waals surface area contributed by atoms with Crippen molar-refractivity contribution in [1.29, 1.82) is 0 Å². The minimum Gasteiger partial charge on any atom is -0.508 e. The molecule has 0 heterocycles. The van der Waals surface area contributed by atoms with Crippen LogP contribution in [0.3, 0.4) is 0 Å². The molecule has 19 heavy (non-hydrogen) atoms. The Kier molecular flexibility index (Phi) is 4.64. The lowest BCUT2D eigenvalue weighted by Crippen LogP contribution is -2.52. The lowest BCUT2D eigenvalue weighted by atomic mass is 10.0. The van der Waals surface area contributed by atoms with Gasteiger partial charge in [0.05, 0.1) is 6.04 Å². The van der Waals surface area contributed by atoms with Crippen molar-refractivity contribution in [3.05, 3.63) is 24.3 Å². The molecule has 0 aliphatic carbocycles. The van der Waals surface area contributed by atoms with Crippen LogP contribution in [0.1, 0.15) is 27.7 Å². The highest BCUT2D eigenvalue weighted by Gasteiger charge is 2.31. The van der Waals surface area contributed by atoms with Gasteiger partial charge in [0.1, 0.15) is 18.1 Å². The van der Waals surface area contributed by atoms with Gasteiger partial charge < -0.3 is 14.9 Å². The highest BCUT2D eigenvalue weighted by molar-refractivity contribution is 5.66. The second-order valence-electron chi connectivity index (χ2n) is 5.48. The Balaban J connectivity index is 2.65. The molecule has 5 heteroatoms. The zero-order valence-electron chi connectivity index (χ0n) is 11.8. The fourth-order valence-electron chi connectivity index (χ4n) is 1.97. The van der Waals surface area contributed by atoms with Gasteiger partial charge in [0.2, 0.25) is 0 Å². The van der Waals surface area contributed by atoms with Gasteiger partial charge in [-0.2, -0.15) is 0 Å². The van der Waals surface area contributed by atoms with E-state index >= 15 is 0 Å². The van der Waals surface area contributed by atoms with E-state index < -0.39 is 11.6 Å². The van der Waals surface area contributed by atoms with Crippen molar-refractivity contribution in [3.8, 4) is 11.5 Å². The number of phenols is 1. The normalized spacial score (nSPS) is 12.8. The highest BCUT2D eigenvalue weighted by Crippen LogP contribution is 2.20. The van der Waals surface area contributed by atoms with Crippen LogP contribution in [-0.4, -0.2) is 39.4 Å². The summed E-state index contributed by atoms with van der Waals surface area (Å²) in [5.41, 5.74) is -0.483. The molecule has 1 aromatic rings. The van der Waals surface area contributed by atoms with E-state index in [2.05, 4.69) is 0 Å². The monoisotopic (exact) mass is 267 g/mol. The van der Waals surface area contributed by atoms with E-state index in [1.807, 2.05) is 20.8 Å². The average molecular weight is 267 g/mol. The number of amides is 1. The van der Waals surface area contributed by atoms with Crippen LogP contribution in [0.4, 0.5) is 4.79 Å². The number of benzene rings is 1. The Hall–Kier alpha value is -1.91. The molecule has 0 saturated heterocycles. The molecular formula is C14H21NO4. The second kappa shape index (κ2) is 5.82. The van der Waals surface area contributed by atoms with Gasteiger partial charge in [-0.05, 0) is 52.0 Å². The maximum absolute atomic E-state index is 11.3. The predicted octanol–water partition coefficient (Wildman–Crippen LogP) is 2.94. The first-order valence-corrected chi connectivity index (χ1v) is 6.16. The molecule has 0 aromatic heterocycles. The fraction of sp³-hybridized carbons (Fsp3) is 0.500. The maximum atomic E-state index is 11.3. The lowest BCUT2D eigenvalue weighted by molar-refractivity contribution is 0.0578. The lowest BCUT2D eigenvalue weighted by Gasteiger charge is -2.37. The number of carbonyl (C=O) groups is 1. The van der Waals surface area contributed by atoms with Gasteiger partial charge in [-0.25, -0.2) is 4.79 Å². The zero-order chi connectivity index (χ0) is 14.6. The van der Waals surface area contributed by atoms with Crippen LogP contribution < -0.4 is 4.74 Å². The van der Waals surface area contributed by atoms with Crippen molar-refractivity contribution >= 4 is 6.09 Å². The first-order valence-electron chi connectivity index (χ1n) is 6.16. The number of ether oxygens (including phenoxy) is 1. The minimum absolute atomic E-state index is 0.169. The van der Waals surface area contributed by atoms with Gasteiger partial charge >= 0.3 is 6.09 Å². The Labute approximate surface area is 113 Å². The molecule has 0 fully saturated rings. The smallest absolute Gasteiger partial charge is 0.408 e. The number of nitrogens with zero attached hydrogens (tertiary/aromatic N) is 1. The summed E-state index contributed by atoms with van der Waals surface area (Å²) in [5.74, 6) is 0.770. The van der Waals surface area contributed by atoms with Crippen LogP contribution in [-0.2, 0) is 0 Å². The molecule has 0 radical (unpaired) electrons. The summed E-state index contributed by atoms with van der Waals surface area (Å²) in [6.07, 6.45) is -0.964. The molecule has 1 atom stereocenters. The molecule has 1 amide bonds. The number of aromatic hydroxyl groups is 1. The number of phenolic OH excluding ortho intramolecular Hbond substituents is 1. The first kappa shape index (κ1) is 15.1. The van der Waals surface area contributed by atoms with E-state index in [0.29, 0.717) is 5.75 Å². The molecule has 0 bridgehead atoms. The number of rotatable bonds is 4. The molecule has 0 aliphatic rings. The van der Waals surface area contributed by atoms with Crippen LogP contribution in [0.25, 0.3) is 0 Å². The molecule has 2 N–H and O–H groups in total. The average Bonchev–Trinajstić information content (AvgIpc) is 2.25. The van der Waals surface area contributed by atoms with E-state index in [4.69, 9.17) is 9.84 Å². The van der Waals surface area contributed by atoms with Crippen molar-refractivity contribution in [2.45, 2.75) is 39.3 Å².